The lowest BCUT2D eigenvalue weighted by Crippen LogP contribution is -2.37. The Hall–Kier alpha value is -1.95. The standard InChI is InChI=1S/C13H15N3O2S/c17-12(14-5-6-19)8-15-13(18)11-7-9-3-1-2-4-10(9)16-11/h1-4,7,16,19H,5-6,8H2,(H,14,17)(H,15,18). The van der Waals surface area contributed by atoms with Gasteiger partial charge in [-0.1, -0.05) is 18.2 Å². The minimum absolute atomic E-state index is 0.0397. The van der Waals surface area contributed by atoms with E-state index in [1.54, 1.807) is 6.07 Å². The second kappa shape index (κ2) is 6.29. The Bertz CT molecular complexity index is 561. The van der Waals surface area contributed by atoms with Gasteiger partial charge in [-0.3, -0.25) is 9.59 Å². The van der Waals surface area contributed by atoms with E-state index < -0.39 is 0 Å². The summed E-state index contributed by atoms with van der Waals surface area (Å²) >= 11 is 3.98. The van der Waals surface area contributed by atoms with Crippen LogP contribution in [0.25, 0.3) is 10.9 Å². The third-order valence-corrected chi connectivity index (χ3v) is 2.84. The van der Waals surface area contributed by atoms with Gasteiger partial charge in [0.05, 0.1) is 6.54 Å². The normalized spacial score (nSPS) is 10.4. The number of benzene rings is 1. The number of nitrogens with one attached hydrogen (secondary N) is 3. The number of amides is 2. The molecule has 2 amide bonds. The zero-order valence-corrected chi connectivity index (χ0v) is 11.2. The first-order chi connectivity index (χ1) is 9.20. The quantitative estimate of drug-likeness (QED) is 0.614. The maximum atomic E-state index is 11.9. The Kier molecular flexibility index (Phi) is 4.46. The number of thiol groups is 1. The molecule has 3 N–H and O–H groups in total. The van der Waals surface area contributed by atoms with Gasteiger partial charge in [0.1, 0.15) is 5.69 Å². The number of rotatable bonds is 5. The van der Waals surface area contributed by atoms with E-state index in [1.807, 2.05) is 24.3 Å². The monoisotopic (exact) mass is 277 g/mol. The first-order valence-corrected chi connectivity index (χ1v) is 6.57. The number of carbonyl (C=O) groups is 2. The molecular weight excluding hydrogens is 262 g/mol. The molecular formula is C13H15N3O2S. The largest absolute Gasteiger partial charge is 0.354 e. The van der Waals surface area contributed by atoms with Gasteiger partial charge in [0.25, 0.3) is 5.91 Å². The number of hydrogen-bond donors (Lipinski definition) is 4. The van der Waals surface area contributed by atoms with Crippen molar-refractivity contribution < 1.29 is 9.59 Å². The van der Waals surface area contributed by atoms with Crippen molar-refractivity contribution in [3.05, 3.63) is 36.0 Å². The van der Waals surface area contributed by atoms with Gasteiger partial charge in [-0.05, 0) is 12.1 Å². The van der Waals surface area contributed by atoms with Gasteiger partial charge in [-0.2, -0.15) is 12.6 Å². The SMILES string of the molecule is O=C(CNC(=O)c1cc2ccccc2[nH]1)NCCS. The van der Waals surface area contributed by atoms with E-state index in [1.165, 1.54) is 0 Å². The molecule has 0 spiro atoms. The lowest BCUT2D eigenvalue weighted by Gasteiger charge is -2.04. The fourth-order valence-electron chi connectivity index (χ4n) is 1.71. The summed E-state index contributed by atoms with van der Waals surface area (Å²) < 4.78 is 0. The second-order valence-corrected chi connectivity index (χ2v) is 4.47. The molecule has 100 valence electrons. The molecule has 0 fully saturated rings. The molecule has 0 saturated carbocycles. The van der Waals surface area contributed by atoms with Crippen LogP contribution in [0.1, 0.15) is 10.5 Å². The molecule has 1 heterocycles. The molecule has 0 bridgehead atoms. The molecule has 19 heavy (non-hydrogen) atoms. The minimum Gasteiger partial charge on any atom is -0.354 e. The molecule has 2 aromatic rings. The highest BCUT2D eigenvalue weighted by molar-refractivity contribution is 7.80. The fraction of sp³-hybridized carbons (Fsp3) is 0.231. The summed E-state index contributed by atoms with van der Waals surface area (Å²) in [6.45, 7) is 0.451. The number of para-hydroxylation sites is 1. The Morgan fingerprint density at radius 3 is 2.74 bits per heavy atom. The molecule has 0 aliphatic heterocycles. The smallest absolute Gasteiger partial charge is 0.268 e. The van der Waals surface area contributed by atoms with Crippen LogP contribution in [0, 0.1) is 0 Å². The number of hydrogen-bond acceptors (Lipinski definition) is 3. The lowest BCUT2D eigenvalue weighted by atomic mass is 10.2. The maximum absolute atomic E-state index is 11.9. The molecule has 0 saturated heterocycles. The minimum atomic E-state index is -0.294. The maximum Gasteiger partial charge on any atom is 0.268 e. The molecule has 1 aromatic carbocycles. The van der Waals surface area contributed by atoms with Crippen LogP contribution >= 0.6 is 12.6 Å². The highest BCUT2D eigenvalue weighted by atomic mass is 32.1. The topological polar surface area (TPSA) is 74.0 Å². The van der Waals surface area contributed by atoms with Crippen LogP contribution in [-0.4, -0.2) is 35.6 Å². The molecule has 0 atom stereocenters. The van der Waals surface area contributed by atoms with E-state index in [0.29, 0.717) is 18.0 Å². The van der Waals surface area contributed by atoms with E-state index in [-0.39, 0.29) is 18.4 Å². The molecule has 2 rings (SSSR count). The third kappa shape index (κ3) is 3.51. The average molecular weight is 277 g/mol. The van der Waals surface area contributed by atoms with Crippen LogP contribution in [0.3, 0.4) is 0 Å². The molecule has 6 heteroatoms. The van der Waals surface area contributed by atoms with Gasteiger partial charge in [0.15, 0.2) is 0 Å². The zero-order chi connectivity index (χ0) is 13.7. The summed E-state index contributed by atoms with van der Waals surface area (Å²) in [6, 6.07) is 9.37. The van der Waals surface area contributed by atoms with E-state index in [9.17, 15) is 9.59 Å². The Morgan fingerprint density at radius 1 is 1.21 bits per heavy atom. The Balaban J connectivity index is 1.94. The van der Waals surface area contributed by atoms with Crippen molar-refractivity contribution in [1.82, 2.24) is 15.6 Å². The summed E-state index contributed by atoms with van der Waals surface area (Å²) in [5.74, 6) is 0.0533. The molecule has 0 radical (unpaired) electrons. The first-order valence-electron chi connectivity index (χ1n) is 5.94. The zero-order valence-electron chi connectivity index (χ0n) is 10.3. The third-order valence-electron chi connectivity index (χ3n) is 2.62. The molecule has 0 unspecified atom stereocenters. The molecule has 0 aliphatic rings. The van der Waals surface area contributed by atoms with Crippen molar-refractivity contribution in [2.45, 2.75) is 0 Å². The predicted molar refractivity (Wildman–Crippen MR) is 77.5 cm³/mol. The van der Waals surface area contributed by atoms with Gasteiger partial charge in [-0.25, -0.2) is 0 Å². The van der Waals surface area contributed by atoms with Crippen molar-refractivity contribution in [1.29, 1.82) is 0 Å². The van der Waals surface area contributed by atoms with Gasteiger partial charge < -0.3 is 15.6 Å². The average Bonchev–Trinajstić information content (AvgIpc) is 2.86. The second-order valence-electron chi connectivity index (χ2n) is 4.03. The van der Waals surface area contributed by atoms with Crippen LogP contribution in [0.15, 0.2) is 30.3 Å². The van der Waals surface area contributed by atoms with Crippen LogP contribution < -0.4 is 10.6 Å². The van der Waals surface area contributed by atoms with Gasteiger partial charge in [-0.15, -0.1) is 0 Å². The number of aromatic nitrogens is 1. The first kappa shape index (κ1) is 13.5. The fourth-order valence-corrected chi connectivity index (χ4v) is 1.82. The van der Waals surface area contributed by atoms with Crippen molar-refractivity contribution in [2.24, 2.45) is 0 Å². The summed E-state index contributed by atoms with van der Waals surface area (Å²) in [4.78, 5) is 26.2. The van der Waals surface area contributed by atoms with Crippen molar-refractivity contribution in [3.8, 4) is 0 Å². The lowest BCUT2D eigenvalue weighted by molar-refractivity contribution is -0.120. The van der Waals surface area contributed by atoms with E-state index in [2.05, 4.69) is 28.2 Å². The summed E-state index contributed by atoms with van der Waals surface area (Å²) in [6.07, 6.45) is 0. The number of H-pyrrole nitrogens is 1. The number of fused-ring (bicyclic) bond motifs is 1. The van der Waals surface area contributed by atoms with Crippen molar-refractivity contribution >= 4 is 35.3 Å². The van der Waals surface area contributed by atoms with Gasteiger partial charge in [0.2, 0.25) is 5.91 Å². The number of carbonyl (C=O) groups excluding carboxylic acids is 2. The molecule has 0 aliphatic carbocycles. The summed E-state index contributed by atoms with van der Waals surface area (Å²) in [7, 11) is 0. The predicted octanol–water partition coefficient (Wildman–Crippen LogP) is 0.944. The van der Waals surface area contributed by atoms with Crippen LogP contribution in [-0.2, 0) is 4.79 Å². The Morgan fingerprint density at radius 2 is 2.00 bits per heavy atom. The molecule has 5 nitrogen and oxygen atoms in total. The summed E-state index contributed by atoms with van der Waals surface area (Å²) in [5.41, 5.74) is 1.34. The van der Waals surface area contributed by atoms with Gasteiger partial charge in [0, 0.05) is 23.2 Å². The van der Waals surface area contributed by atoms with Gasteiger partial charge >= 0.3 is 0 Å². The van der Waals surface area contributed by atoms with Crippen LogP contribution in [0.5, 0.6) is 0 Å². The highest BCUT2D eigenvalue weighted by Gasteiger charge is 2.10. The van der Waals surface area contributed by atoms with Crippen molar-refractivity contribution in [2.75, 3.05) is 18.8 Å². The molecule has 1 aromatic heterocycles. The van der Waals surface area contributed by atoms with E-state index in [4.69, 9.17) is 0 Å². The van der Waals surface area contributed by atoms with Crippen LogP contribution in [0.4, 0.5) is 0 Å². The summed E-state index contributed by atoms with van der Waals surface area (Å²) in [5, 5.41) is 6.15. The Labute approximate surface area is 116 Å². The van der Waals surface area contributed by atoms with Crippen LogP contribution in [0.2, 0.25) is 0 Å². The number of aromatic amines is 1. The van der Waals surface area contributed by atoms with E-state index >= 15 is 0 Å². The van der Waals surface area contributed by atoms with E-state index in [0.717, 1.165) is 10.9 Å². The van der Waals surface area contributed by atoms with Crippen molar-refractivity contribution in [3.63, 3.8) is 0 Å². The highest BCUT2D eigenvalue weighted by Crippen LogP contribution is 2.14.